The van der Waals surface area contributed by atoms with Crippen molar-refractivity contribution in [1.82, 2.24) is 0 Å². The second-order valence-corrected chi connectivity index (χ2v) is 10.9. The van der Waals surface area contributed by atoms with E-state index in [0.29, 0.717) is 12.5 Å². The molecule has 0 aromatic rings. The zero-order valence-electron chi connectivity index (χ0n) is 20.1. The number of methoxy groups -OCH3 is 1. The van der Waals surface area contributed by atoms with Crippen LogP contribution in [-0.4, -0.2) is 25.7 Å². The number of esters is 2. The van der Waals surface area contributed by atoms with Crippen LogP contribution in [0.15, 0.2) is 12.7 Å². The number of hydrogen-bond acceptors (Lipinski definition) is 4. The van der Waals surface area contributed by atoms with Gasteiger partial charge in [-0.15, -0.1) is 0 Å². The minimum atomic E-state index is -0.394. The molecule has 4 nitrogen and oxygen atoms in total. The highest BCUT2D eigenvalue weighted by Gasteiger charge is 2.63. The van der Waals surface area contributed by atoms with Gasteiger partial charge in [-0.2, -0.15) is 0 Å². The van der Waals surface area contributed by atoms with Crippen molar-refractivity contribution in [2.45, 2.75) is 79.6 Å². The fourth-order valence-corrected chi connectivity index (χ4v) is 6.31. The Bertz CT molecular complexity index is 588. The molecule has 7 unspecified atom stereocenters. The third-order valence-electron chi connectivity index (χ3n) is 7.55. The number of rotatable bonds is 4. The van der Waals surface area contributed by atoms with Crippen molar-refractivity contribution in [3.05, 3.63) is 12.7 Å². The molecule has 4 aliphatic rings. The number of carbonyl (C=O) groups is 2. The molecule has 0 radical (unpaired) electrons. The summed E-state index contributed by atoms with van der Waals surface area (Å²) in [4.78, 5) is 22.3. The van der Waals surface area contributed by atoms with Gasteiger partial charge in [0.25, 0.3) is 0 Å². The van der Waals surface area contributed by atoms with Crippen LogP contribution in [-0.2, 0) is 19.1 Å². The van der Waals surface area contributed by atoms with Crippen molar-refractivity contribution in [2.75, 3.05) is 13.7 Å². The molecular formula is C26H44O4. The maximum atomic E-state index is 12.5. The average Bonchev–Trinajstić information content (AvgIpc) is 3.50. The van der Waals surface area contributed by atoms with Crippen LogP contribution in [0.5, 0.6) is 0 Å². The Morgan fingerprint density at radius 1 is 0.967 bits per heavy atom. The van der Waals surface area contributed by atoms with Crippen molar-refractivity contribution < 1.29 is 19.1 Å². The van der Waals surface area contributed by atoms with Crippen LogP contribution in [0.25, 0.3) is 0 Å². The molecule has 4 bridgehead atoms. The fourth-order valence-electron chi connectivity index (χ4n) is 6.31. The summed E-state index contributed by atoms with van der Waals surface area (Å²) >= 11 is 0. The molecule has 0 aromatic carbocycles. The molecule has 4 fully saturated rings. The first-order valence-corrected chi connectivity index (χ1v) is 12.0. The topological polar surface area (TPSA) is 52.6 Å². The number of hydrogen-bond donors (Lipinski definition) is 0. The van der Waals surface area contributed by atoms with Gasteiger partial charge in [0.15, 0.2) is 0 Å². The smallest absolute Gasteiger partial charge is 0.329 e. The Morgan fingerprint density at radius 3 is 2.03 bits per heavy atom. The molecule has 4 saturated carbocycles. The van der Waals surface area contributed by atoms with Crippen molar-refractivity contribution in [3.63, 3.8) is 0 Å². The fraction of sp³-hybridized carbons (Fsp3) is 0.846. The normalized spacial score (nSPS) is 34.8. The predicted molar refractivity (Wildman–Crippen MR) is 121 cm³/mol. The van der Waals surface area contributed by atoms with E-state index in [9.17, 15) is 9.59 Å². The molecule has 172 valence electrons. The first-order valence-electron chi connectivity index (χ1n) is 12.0. The van der Waals surface area contributed by atoms with Crippen LogP contribution < -0.4 is 0 Å². The molecule has 4 heteroatoms. The van der Waals surface area contributed by atoms with E-state index in [1.165, 1.54) is 45.6 Å². The van der Waals surface area contributed by atoms with Gasteiger partial charge >= 0.3 is 11.9 Å². The minimum absolute atomic E-state index is 0.0856. The maximum absolute atomic E-state index is 12.5. The minimum Gasteiger partial charge on any atom is -0.466 e. The van der Waals surface area contributed by atoms with Gasteiger partial charge in [-0.25, -0.2) is 4.79 Å². The lowest BCUT2D eigenvalue weighted by molar-refractivity contribution is -0.155. The van der Waals surface area contributed by atoms with Crippen molar-refractivity contribution in [1.29, 1.82) is 0 Å². The first kappa shape index (κ1) is 24.9. The SMILES string of the molecule is C=CC(=O)OC.CC(C)(C)COC(=O)C1CC2CC1C1C3CCC(C3)C21.CCCC. The highest BCUT2D eigenvalue weighted by atomic mass is 16.5. The zero-order chi connectivity index (χ0) is 22.5. The molecule has 0 aliphatic heterocycles. The van der Waals surface area contributed by atoms with Gasteiger partial charge in [-0.3, -0.25) is 4.79 Å². The molecule has 0 amide bonds. The lowest BCUT2D eigenvalue weighted by atomic mass is 9.67. The standard InChI is InChI=1S/C18H28O2.C4H6O2.C4H10/c1-18(2,3)9-20-17(19)14-8-12-7-13(14)16-11-5-4-10(6-11)15(12)16;1-3-4(5)6-2;1-3-4-2/h10-16H,4-9H2,1-3H3;3H,1H2,2H3;3-4H2,1-2H3. The molecule has 4 rings (SSSR count). The van der Waals surface area contributed by atoms with Gasteiger partial charge in [0, 0.05) is 6.08 Å². The van der Waals surface area contributed by atoms with Crippen molar-refractivity contribution in [2.24, 2.45) is 46.8 Å². The Hall–Kier alpha value is -1.32. The van der Waals surface area contributed by atoms with Crippen molar-refractivity contribution in [3.8, 4) is 0 Å². The van der Waals surface area contributed by atoms with Crippen LogP contribution in [0.2, 0.25) is 0 Å². The van der Waals surface area contributed by atoms with E-state index in [0.717, 1.165) is 42.1 Å². The summed E-state index contributed by atoms with van der Waals surface area (Å²) in [5.74, 6) is 5.35. The van der Waals surface area contributed by atoms with E-state index >= 15 is 0 Å². The molecule has 0 saturated heterocycles. The third-order valence-corrected chi connectivity index (χ3v) is 7.55. The zero-order valence-corrected chi connectivity index (χ0v) is 20.1. The third kappa shape index (κ3) is 5.88. The molecule has 0 spiro atoms. The summed E-state index contributed by atoms with van der Waals surface area (Å²) in [5, 5.41) is 0. The summed E-state index contributed by atoms with van der Waals surface area (Å²) in [5.41, 5.74) is 0.0856. The molecule has 0 aromatic heterocycles. The molecule has 7 atom stereocenters. The van der Waals surface area contributed by atoms with Crippen LogP contribution in [0.4, 0.5) is 0 Å². The highest BCUT2D eigenvalue weighted by Crippen LogP contribution is 2.68. The van der Waals surface area contributed by atoms with Gasteiger partial charge in [0.1, 0.15) is 0 Å². The Morgan fingerprint density at radius 2 is 1.57 bits per heavy atom. The van der Waals surface area contributed by atoms with Crippen LogP contribution in [0.3, 0.4) is 0 Å². The van der Waals surface area contributed by atoms with Crippen molar-refractivity contribution >= 4 is 11.9 Å². The maximum Gasteiger partial charge on any atom is 0.329 e. The summed E-state index contributed by atoms with van der Waals surface area (Å²) < 4.78 is 9.78. The Balaban J connectivity index is 0.000000271. The van der Waals surface area contributed by atoms with E-state index in [1.807, 2.05) is 0 Å². The van der Waals surface area contributed by atoms with Crippen LogP contribution >= 0.6 is 0 Å². The summed E-state index contributed by atoms with van der Waals surface area (Å²) in [6.07, 6.45) is 10.6. The second kappa shape index (κ2) is 10.8. The summed E-state index contributed by atoms with van der Waals surface area (Å²) in [7, 11) is 1.31. The average molecular weight is 421 g/mol. The highest BCUT2D eigenvalue weighted by molar-refractivity contribution is 5.80. The molecule has 0 N–H and O–H groups in total. The summed E-state index contributed by atoms with van der Waals surface area (Å²) in [6.45, 7) is 14.5. The van der Waals surface area contributed by atoms with E-state index in [2.05, 4.69) is 45.9 Å². The molecule has 30 heavy (non-hydrogen) atoms. The van der Waals surface area contributed by atoms with Crippen LogP contribution in [0, 0.1) is 46.8 Å². The lowest BCUT2D eigenvalue weighted by Crippen LogP contribution is -2.37. The van der Waals surface area contributed by atoms with Gasteiger partial charge in [0.05, 0.1) is 19.6 Å². The first-order chi connectivity index (χ1) is 14.2. The van der Waals surface area contributed by atoms with Gasteiger partial charge in [-0.1, -0.05) is 54.0 Å². The second-order valence-electron chi connectivity index (χ2n) is 10.9. The lowest BCUT2D eigenvalue weighted by Gasteiger charge is -2.38. The van der Waals surface area contributed by atoms with Crippen LogP contribution in [0.1, 0.15) is 79.6 Å². The van der Waals surface area contributed by atoms with E-state index in [4.69, 9.17) is 4.74 Å². The molecular weight excluding hydrogens is 376 g/mol. The number of fused-ring (bicyclic) bond motifs is 9. The number of carbonyl (C=O) groups excluding carboxylic acids is 2. The van der Waals surface area contributed by atoms with E-state index in [-0.39, 0.29) is 17.3 Å². The predicted octanol–water partition coefficient (Wildman–Crippen LogP) is 6.05. The quantitative estimate of drug-likeness (QED) is 0.316. The summed E-state index contributed by atoms with van der Waals surface area (Å²) in [6, 6.07) is 0. The largest absolute Gasteiger partial charge is 0.466 e. The number of ether oxygens (including phenoxy) is 2. The molecule has 4 aliphatic carbocycles. The van der Waals surface area contributed by atoms with Gasteiger partial charge in [0.2, 0.25) is 0 Å². The van der Waals surface area contributed by atoms with Gasteiger partial charge < -0.3 is 9.47 Å². The van der Waals surface area contributed by atoms with Gasteiger partial charge in [-0.05, 0) is 73.0 Å². The number of unbranched alkanes of at least 4 members (excludes halogenated alkanes) is 1. The van der Waals surface area contributed by atoms with E-state index in [1.54, 1.807) is 0 Å². The monoisotopic (exact) mass is 420 g/mol. The van der Waals surface area contributed by atoms with E-state index < -0.39 is 5.97 Å². The Labute approximate surface area is 184 Å². The Kier molecular flexibility index (Phi) is 8.99. The molecule has 0 heterocycles.